The molecule has 0 bridgehead atoms. The molecular formula is C24H32N3O2+. The summed E-state index contributed by atoms with van der Waals surface area (Å²) in [5.74, 6) is 1.12. The second kappa shape index (κ2) is 9.31. The van der Waals surface area contributed by atoms with Crippen LogP contribution in [0, 0.1) is 0 Å². The molecule has 0 spiro atoms. The van der Waals surface area contributed by atoms with E-state index in [4.69, 9.17) is 4.74 Å². The maximum absolute atomic E-state index is 12.7. The molecule has 4 rings (SSSR count). The van der Waals surface area contributed by atoms with E-state index in [9.17, 15) is 4.79 Å². The predicted octanol–water partition coefficient (Wildman–Crippen LogP) is 1.98. The minimum atomic E-state index is 0.171. The molecule has 5 nitrogen and oxygen atoms in total. The number of nitrogens with zero attached hydrogens (tertiary/aromatic N) is 1. The zero-order valence-electron chi connectivity index (χ0n) is 17.3. The zero-order valence-corrected chi connectivity index (χ0v) is 17.3. The van der Waals surface area contributed by atoms with Crippen LogP contribution >= 0.6 is 0 Å². The van der Waals surface area contributed by atoms with Crippen LogP contribution in [0.4, 0.5) is 5.69 Å². The SMILES string of the molecule is CCOc1ccccc1N1CC[NH+](CC(=O)N[C@@H]2CCCc3ccccc32)CC1. The minimum absolute atomic E-state index is 0.171. The molecule has 1 amide bonds. The first kappa shape index (κ1) is 19.8. The zero-order chi connectivity index (χ0) is 20.1. The first-order valence-corrected chi connectivity index (χ1v) is 10.9. The number of aryl methyl sites for hydroxylation is 1. The van der Waals surface area contributed by atoms with Crippen molar-refractivity contribution in [2.24, 2.45) is 0 Å². The molecule has 5 heteroatoms. The smallest absolute Gasteiger partial charge is 0.275 e. The van der Waals surface area contributed by atoms with Gasteiger partial charge in [-0.2, -0.15) is 0 Å². The summed E-state index contributed by atoms with van der Waals surface area (Å²) in [5, 5.41) is 3.30. The maximum atomic E-state index is 12.7. The Labute approximate surface area is 173 Å². The number of hydrogen-bond acceptors (Lipinski definition) is 3. The van der Waals surface area contributed by atoms with Crippen LogP contribution in [-0.4, -0.2) is 45.2 Å². The highest BCUT2D eigenvalue weighted by molar-refractivity contribution is 5.77. The van der Waals surface area contributed by atoms with Crippen LogP contribution in [0.2, 0.25) is 0 Å². The van der Waals surface area contributed by atoms with Crippen molar-refractivity contribution in [1.82, 2.24) is 5.32 Å². The molecule has 1 aliphatic heterocycles. The fourth-order valence-electron chi connectivity index (χ4n) is 4.61. The normalized spacial score (nSPS) is 19.5. The van der Waals surface area contributed by atoms with Gasteiger partial charge in [0.1, 0.15) is 5.75 Å². The Kier molecular flexibility index (Phi) is 6.35. The highest BCUT2D eigenvalue weighted by atomic mass is 16.5. The Bertz CT molecular complexity index is 830. The van der Waals surface area contributed by atoms with Gasteiger partial charge in [0.15, 0.2) is 6.54 Å². The molecule has 1 atom stereocenters. The van der Waals surface area contributed by atoms with Crippen LogP contribution in [0.1, 0.15) is 36.9 Å². The number of carbonyl (C=O) groups excluding carboxylic acids is 1. The largest absolute Gasteiger partial charge is 0.492 e. The Morgan fingerprint density at radius 3 is 2.72 bits per heavy atom. The van der Waals surface area contributed by atoms with Crippen LogP contribution in [0.5, 0.6) is 5.75 Å². The summed E-state index contributed by atoms with van der Waals surface area (Å²) < 4.78 is 5.78. The van der Waals surface area contributed by atoms with Crippen molar-refractivity contribution < 1.29 is 14.4 Å². The third-order valence-corrected chi connectivity index (χ3v) is 6.09. The van der Waals surface area contributed by atoms with Crippen molar-refractivity contribution in [3.63, 3.8) is 0 Å². The molecule has 1 fully saturated rings. The van der Waals surface area contributed by atoms with Crippen LogP contribution < -0.4 is 19.9 Å². The number of anilines is 1. The molecule has 2 N–H and O–H groups in total. The minimum Gasteiger partial charge on any atom is -0.492 e. The molecule has 1 aliphatic carbocycles. The number of para-hydroxylation sites is 2. The topological polar surface area (TPSA) is 46.0 Å². The molecule has 2 aromatic carbocycles. The van der Waals surface area contributed by atoms with Crippen molar-refractivity contribution in [3.05, 3.63) is 59.7 Å². The van der Waals surface area contributed by atoms with E-state index in [1.54, 1.807) is 0 Å². The average Bonchev–Trinajstić information content (AvgIpc) is 2.75. The molecule has 0 aromatic heterocycles. The van der Waals surface area contributed by atoms with Gasteiger partial charge in [-0.1, -0.05) is 36.4 Å². The lowest BCUT2D eigenvalue weighted by atomic mass is 9.88. The van der Waals surface area contributed by atoms with E-state index in [-0.39, 0.29) is 11.9 Å². The van der Waals surface area contributed by atoms with Gasteiger partial charge in [0.25, 0.3) is 5.91 Å². The summed E-state index contributed by atoms with van der Waals surface area (Å²) in [6.45, 7) is 7.07. The lowest BCUT2D eigenvalue weighted by Crippen LogP contribution is -3.16. The average molecular weight is 395 g/mol. The number of carbonyl (C=O) groups is 1. The fourth-order valence-corrected chi connectivity index (χ4v) is 4.61. The van der Waals surface area contributed by atoms with Crippen LogP contribution in [0.15, 0.2) is 48.5 Å². The van der Waals surface area contributed by atoms with E-state index in [0.717, 1.165) is 56.9 Å². The number of amides is 1. The number of rotatable bonds is 6. The van der Waals surface area contributed by atoms with Gasteiger partial charge in [0, 0.05) is 0 Å². The van der Waals surface area contributed by atoms with Crippen LogP contribution in [0.25, 0.3) is 0 Å². The van der Waals surface area contributed by atoms with E-state index in [1.807, 2.05) is 19.1 Å². The van der Waals surface area contributed by atoms with Crippen molar-refractivity contribution >= 4 is 11.6 Å². The van der Waals surface area contributed by atoms with E-state index in [1.165, 1.54) is 16.0 Å². The van der Waals surface area contributed by atoms with Crippen LogP contribution in [0.3, 0.4) is 0 Å². The lowest BCUT2D eigenvalue weighted by Gasteiger charge is -2.34. The Morgan fingerprint density at radius 2 is 1.90 bits per heavy atom. The second-order valence-electron chi connectivity index (χ2n) is 8.03. The highest BCUT2D eigenvalue weighted by Crippen LogP contribution is 2.29. The summed E-state index contributed by atoms with van der Waals surface area (Å²) in [6, 6.07) is 16.9. The Morgan fingerprint density at radius 1 is 1.14 bits per heavy atom. The molecule has 29 heavy (non-hydrogen) atoms. The first-order valence-electron chi connectivity index (χ1n) is 10.9. The predicted molar refractivity (Wildman–Crippen MR) is 116 cm³/mol. The molecule has 0 unspecified atom stereocenters. The molecule has 154 valence electrons. The molecular weight excluding hydrogens is 362 g/mol. The third kappa shape index (κ3) is 4.73. The van der Waals surface area contributed by atoms with Gasteiger partial charge in [0.05, 0.1) is 44.5 Å². The molecule has 1 heterocycles. The van der Waals surface area contributed by atoms with Crippen molar-refractivity contribution in [2.75, 3.05) is 44.2 Å². The number of ether oxygens (including phenoxy) is 1. The number of hydrogen-bond donors (Lipinski definition) is 2. The van der Waals surface area contributed by atoms with E-state index >= 15 is 0 Å². The Balaban J connectivity index is 1.30. The summed E-state index contributed by atoms with van der Waals surface area (Å²) in [4.78, 5) is 16.5. The van der Waals surface area contributed by atoms with Gasteiger partial charge in [0.2, 0.25) is 0 Å². The second-order valence-corrected chi connectivity index (χ2v) is 8.03. The van der Waals surface area contributed by atoms with Gasteiger partial charge in [-0.3, -0.25) is 4.79 Å². The summed E-state index contributed by atoms with van der Waals surface area (Å²) in [6.07, 6.45) is 3.31. The molecule has 2 aromatic rings. The van der Waals surface area contributed by atoms with Crippen molar-refractivity contribution in [1.29, 1.82) is 0 Å². The van der Waals surface area contributed by atoms with E-state index in [2.05, 4.69) is 46.6 Å². The van der Waals surface area contributed by atoms with Gasteiger partial charge in [-0.05, 0) is 49.4 Å². The number of nitrogens with one attached hydrogen (secondary N) is 2. The van der Waals surface area contributed by atoms with Gasteiger partial charge >= 0.3 is 0 Å². The van der Waals surface area contributed by atoms with Crippen molar-refractivity contribution in [3.8, 4) is 5.75 Å². The van der Waals surface area contributed by atoms with Gasteiger partial charge in [-0.15, -0.1) is 0 Å². The first-order chi connectivity index (χ1) is 14.2. The summed E-state index contributed by atoms with van der Waals surface area (Å²) in [7, 11) is 0. The third-order valence-electron chi connectivity index (χ3n) is 6.09. The molecule has 1 saturated heterocycles. The summed E-state index contributed by atoms with van der Waals surface area (Å²) in [5.41, 5.74) is 3.86. The number of fused-ring (bicyclic) bond motifs is 1. The number of benzene rings is 2. The van der Waals surface area contributed by atoms with E-state index < -0.39 is 0 Å². The van der Waals surface area contributed by atoms with Crippen molar-refractivity contribution in [2.45, 2.75) is 32.2 Å². The quantitative estimate of drug-likeness (QED) is 0.788. The van der Waals surface area contributed by atoms with Crippen LogP contribution in [-0.2, 0) is 11.2 Å². The monoisotopic (exact) mass is 394 g/mol. The highest BCUT2D eigenvalue weighted by Gasteiger charge is 2.26. The molecule has 0 saturated carbocycles. The lowest BCUT2D eigenvalue weighted by molar-refractivity contribution is -0.892. The summed E-state index contributed by atoms with van der Waals surface area (Å²) >= 11 is 0. The van der Waals surface area contributed by atoms with Gasteiger partial charge in [-0.25, -0.2) is 0 Å². The molecule has 0 radical (unpaired) electrons. The Hall–Kier alpha value is -2.53. The van der Waals surface area contributed by atoms with E-state index in [0.29, 0.717) is 13.2 Å². The number of quaternary nitrogens is 1. The molecule has 2 aliphatic rings. The number of piperazine rings is 1. The maximum Gasteiger partial charge on any atom is 0.275 e. The van der Waals surface area contributed by atoms with Gasteiger partial charge < -0.3 is 19.9 Å². The fraction of sp³-hybridized carbons (Fsp3) is 0.458. The standard InChI is InChI=1S/C24H31N3O2/c1-2-29-23-13-6-5-12-22(23)27-16-14-26(15-17-27)18-24(28)25-21-11-7-9-19-8-3-4-10-20(19)21/h3-6,8,10,12-13,21H,2,7,9,11,14-18H2,1H3,(H,25,28)/p+1/t21-/m1/s1.